The van der Waals surface area contributed by atoms with Crippen molar-refractivity contribution < 1.29 is 14.2 Å². The Bertz CT molecular complexity index is 725. The molecule has 8 heteroatoms. The zero-order chi connectivity index (χ0) is 18.9. The first-order valence-electron chi connectivity index (χ1n) is 8.47. The van der Waals surface area contributed by atoms with Crippen LogP contribution in [0.2, 0.25) is 0 Å². The van der Waals surface area contributed by atoms with Crippen LogP contribution in [0.3, 0.4) is 0 Å². The second-order valence-corrected chi connectivity index (χ2v) is 6.97. The molecule has 6 nitrogen and oxygen atoms in total. The van der Waals surface area contributed by atoms with E-state index in [1.54, 1.807) is 32.7 Å². The molecule has 0 radical (unpaired) electrons. The summed E-state index contributed by atoms with van der Waals surface area (Å²) in [6.07, 6.45) is 0. The molecule has 2 aromatic rings. The number of guanidine groups is 1. The molecule has 27 heavy (non-hydrogen) atoms. The van der Waals surface area contributed by atoms with Crippen molar-refractivity contribution in [2.45, 2.75) is 26.9 Å². The molecule has 2 rings (SSSR count). The molecule has 0 fully saturated rings. The predicted octanol–water partition coefficient (Wildman–Crippen LogP) is 3.96. The van der Waals surface area contributed by atoms with Crippen molar-refractivity contribution in [1.29, 1.82) is 0 Å². The van der Waals surface area contributed by atoms with Gasteiger partial charge in [0.1, 0.15) is 0 Å². The molecule has 0 unspecified atom stereocenters. The third-order valence-electron chi connectivity index (χ3n) is 3.71. The molecule has 0 spiro atoms. The molecular formula is C19H28IN3O3S. The standard InChI is InChI=1S/C19H27N3O3S.HI/c1-6-20-19(22-12-15-8-7-13(2)26-15)21-11-14-9-16(23-3)18(25-5)17(10-14)24-4;/h7-10H,6,11-12H2,1-5H3,(H2,20,21,22);1H. The van der Waals surface area contributed by atoms with Crippen molar-refractivity contribution in [3.8, 4) is 17.2 Å². The molecule has 150 valence electrons. The van der Waals surface area contributed by atoms with E-state index in [4.69, 9.17) is 14.2 Å². The summed E-state index contributed by atoms with van der Waals surface area (Å²) in [4.78, 5) is 7.24. The zero-order valence-corrected chi connectivity index (χ0v) is 19.6. The Labute approximate surface area is 182 Å². The summed E-state index contributed by atoms with van der Waals surface area (Å²) in [7, 11) is 4.82. The molecule has 1 aromatic heterocycles. The fourth-order valence-corrected chi connectivity index (χ4v) is 3.32. The van der Waals surface area contributed by atoms with Crippen LogP contribution in [0.5, 0.6) is 17.2 Å². The number of hydrogen-bond donors (Lipinski definition) is 2. The zero-order valence-electron chi connectivity index (χ0n) is 16.4. The van der Waals surface area contributed by atoms with Gasteiger partial charge in [-0.3, -0.25) is 0 Å². The number of halogens is 1. The number of hydrogen-bond acceptors (Lipinski definition) is 5. The van der Waals surface area contributed by atoms with Gasteiger partial charge in [0.2, 0.25) is 5.75 Å². The van der Waals surface area contributed by atoms with Crippen LogP contribution >= 0.6 is 35.3 Å². The van der Waals surface area contributed by atoms with Crippen molar-refractivity contribution in [3.63, 3.8) is 0 Å². The smallest absolute Gasteiger partial charge is 0.203 e. The lowest BCUT2D eigenvalue weighted by Gasteiger charge is -2.14. The predicted molar refractivity (Wildman–Crippen MR) is 122 cm³/mol. The van der Waals surface area contributed by atoms with E-state index < -0.39 is 0 Å². The van der Waals surface area contributed by atoms with E-state index >= 15 is 0 Å². The number of aryl methyl sites for hydroxylation is 1. The lowest BCUT2D eigenvalue weighted by atomic mass is 10.2. The van der Waals surface area contributed by atoms with Crippen molar-refractivity contribution in [3.05, 3.63) is 39.6 Å². The van der Waals surface area contributed by atoms with Gasteiger partial charge < -0.3 is 24.8 Å². The Kier molecular flexibility index (Phi) is 10.3. The van der Waals surface area contributed by atoms with Gasteiger partial charge in [-0.2, -0.15) is 0 Å². The van der Waals surface area contributed by atoms with Crippen LogP contribution in [0.25, 0.3) is 0 Å². The highest BCUT2D eigenvalue weighted by Gasteiger charge is 2.13. The second-order valence-electron chi connectivity index (χ2n) is 5.59. The average molecular weight is 505 g/mol. The average Bonchev–Trinajstić information content (AvgIpc) is 3.08. The Morgan fingerprint density at radius 1 is 1.04 bits per heavy atom. The Morgan fingerprint density at radius 2 is 1.70 bits per heavy atom. The number of benzene rings is 1. The van der Waals surface area contributed by atoms with Gasteiger partial charge in [0.25, 0.3) is 0 Å². The van der Waals surface area contributed by atoms with E-state index in [-0.39, 0.29) is 24.0 Å². The van der Waals surface area contributed by atoms with E-state index in [9.17, 15) is 0 Å². The highest BCUT2D eigenvalue weighted by Crippen LogP contribution is 2.38. The summed E-state index contributed by atoms with van der Waals surface area (Å²) in [5.74, 6) is 2.61. The minimum absolute atomic E-state index is 0. The summed E-state index contributed by atoms with van der Waals surface area (Å²) in [5, 5.41) is 6.63. The topological polar surface area (TPSA) is 64.1 Å². The third kappa shape index (κ3) is 6.76. The van der Waals surface area contributed by atoms with Crippen molar-refractivity contribution in [1.82, 2.24) is 10.6 Å². The molecule has 0 saturated carbocycles. The molecular weight excluding hydrogens is 477 g/mol. The lowest BCUT2D eigenvalue weighted by molar-refractivity contribution is 0.324. The Balaban J connectivity index is 0.00000364. The van der Waals surface area contributed by atoms with E-state index in [1.807, 2.05) is 19.1 Å². The number of ether oxygens (including phenoxy) is 3. The fraction of sp³-hybridized carbons (Fsp3) is 0.421. The number of nitrogens with one attached hydrogen (secondary N) is 2. The lowest BCUT2D eigenvalue weighted by Crippen LogP contribution is -2.36. The summed E-state index contributed by atoms with van der Waals surface area (Å²) < 4.78 is 16.2. The minimum Gasteiger partial charge on any atom is -0.493 e. The van der Waals surface area contributed by atoms with Crippen LogP contribution in [0, 0.1) is 6.92 Å². The molecule has 0 bridgehead atoms. The van der Waals surface area contributed by atoms with E-state index in [0.717, 1.165) is 24.6 Å². The van der Waals surface area contributed by atoms with Crippen molar-refractivity contribution in [2.24, 2.45) is 4.99 Å². The van der Waals surface area contributed by atoms with Crippen LogP contribution in [0.1, 0.15) is 22.2 Å². The number of aliphatic imine (C=N–C) groups is 1. The molecule has 0 amide bonds. The number of nitrogens with zero attached hydrogens (tertiary/aromatic N) is 1. The highest BCUT2D eigenvalue weighted by molar-refractivity contribution is 14.0. The van der Waals surface area contributed by atoms with Crippen molar-refractivity contribution >= 4 is 41.3 Å². The van der Waals surface area contributed by atoms with Crippen LogP contribution < -0.4 is 24.8 Å². The number of methoxy groups -OCH3 is 3. The van der Waals surface area contributed by atoms with Crippen molar-refractivity contribution in [2.75, 3.05) is 27.9 Å². The summed E-state index contributed by atoms with van der Waals surface area (Å²) in [6, 6.07) is 8.09. The van der Waals surface area contributed by atoms with Gasteiger partial charge in [0.15, 0.2) is 17.5 Å². The monoisotopic (exact) mass is 505 g/mol. The SMILES string of the molecule is CCNC(=NCc1cc(OC)c(OC)c(OC)c1)NCc1ccc(C)s1.I. The summed E-state index contributed by atoms with van der Waals surface area (Å²) in [5.41, 5.74) is 0.976. The minimum atomic E-state index is 0. The van der Waals surface area contributed by atoms with Crippen LogP contribution in [0.4, 0.5) is 0 Å². The molecule has 1 heterocycles. The van der Waals surface area contributed by atoms with Crippen LogP contribution in [-0.2, 0) is 13.1 Å². The largest absolute Gasteiger partial charge is 0.493 e. The summed E-state index contributed by atoms with van der Waals surface area (Å²) >= 11 is 1.78. The van der Waals surface area contributed by atoms with Gasteiger partial charge in [0, 0.05) is 16.3 Å². The second kappa shape index (κ2) is 11.9. The van der Waals surface area contributed by atoms with Gasteiger partial charge in [-0.25, -0.2) is 4.99 Å². The molecule has 0 aliphatic carbocycles. The molecule has 1 aromatic carbocycles. The molecule has 0 aliphatic rings. The van der Waals surface area contributed by atoms with Gasteiger partial charge >= 0.3 is 0 Å². The first-order chi connectivity index (χ1) is 12.6. The van der Waals surface area contributed by atoms with E-state index in [0.29, 0.717) is 23.8 Å². The quantitative estimate of drug-likeness (QED) is 0.323. The van der Waals surface area contributed by atoms with Gasteiger partial charge in [-0.05, 0) is 43.7 Å². The number of rotatable bonds is 8. The Hall–Kier alpha value is -1.68. The van der Waals surface area contributed by atoms with Gasteiger partial charge in [-0.15, -0.1) is 35.3 Å². The van der Waals surface area contributed by atoms with Crippen LogP contribution in [-0.4, -0.2) is 33.8 Å². The third-order valence-corrected chi connectivity index (χ3v) is 4.72. The molecule has 2 N–H and O–H groups in total. The van der Waals surface area contributed by atoms with Gasteiger partial charge in [-0.1, -0.05) is 0 Å². The maximum atomic E-state index is 5.40. The maximum Gasteiger partial charge on any atom is 0.203 e. The molecule has 0 saturated heterocycles. The van der Waals surface area contributed by atoms with E-state index in [2.05, 4.69) is 34.7 Å². The Morgan fingerprint density at radius 3 is 2.19 bits per heavy atom. The molecule has 0 atom stereocenters. The summed E-state index contributed by atoms with van der Waals surface area (Å²) in [6.45, 7) is 6.20. The highest BCUT2D eigenvalue weighted by atomic mass is 127. The van der Waals surface area contributed by atoms with Gasteiger partial charge in [0.05, 0.1) is 34.4 Å². The molecule has 0 aliphatic heterocycles. The van der Waals surface area contributed by atoms with E-state index in [1.165, 1.54) is 9.75 Å². The van der Waals surface area contributed by atoms with Crippen LogP contribution in [0.15, 0.2) is 29.3 Å². The fourth-order valence-electron chi connectivity index (χ4n) is 2.49. The maximum absolute atomic E-state index is 5.40. The first-order valence-corrected chi connectivity index (χ1v) is 9.29. The number of thiophene rings is 1. The first kappa shape index (κ1) is 23.4. The normalized spacial score (nSPS) is 10.8.